The van der Waals surface area contributed by atoms with Gasteiger partial charge in [0.25, 0.3) is 5.91 Å². The van der Waals surface area contributed by atoms with E-state index >= 15 is 0 Å². The number of aromatic nitrogens is 2. The molecule has 1 aromatic rings. The van der Waals surface area contributed by atoms with Gasteiger partial charge in [0.15, 0.2) is 5.69 Å². The van der Waals surface area contributed by atoms with Crippen molar-refractivity contribution in [2.45, 2.75) is 43.7 Å². The smallest absolute Gasteiger partial charge is 0.276 e. The normalized spacial score (nSPS) is 23.2. The molecule has 1 saturated heterocycles. The van der Waals surface area contributed by atoms with Crippen LogP contribution in [0.15, 0.2) is 4.47 Å². The van der Waals surface area contributed by atoms with E-state index in [1.165, 1.54) is 12.8 Å². The number of nitrogens with zero attached hydrogens (tertiary/aromatic N) is 2. The second kappa shape index (κ2) is 4.31. The maximum atomic E-state index is 12.7. The first-order valence-electron chi connectivity index (χ1n) is 6.90. The summed E-state index contributed by atoms with van der Waals surface area (Å²) < 4.78 is 6.10. The zero-order valence-electron chi connectivity index (χ0n) is 10.6. The van der Waals surface area contributed by atoms with Gasteiger partial charge in [0.05, 0.1) is 29.4 Å². The number of amides is 1. The third-order valence-corrected chi connectivity index (χ3v) is 4.91. The van der Waals surface area contributed by atoms with Gasteiger partial charge in [-0.25, -0.2) is 0 Å². The van der Waals surface area contributed by atoms with E-state index < -0.39 is 0 Å². The van der Waals surface area contributed by atoms with Gasteiger partial charge in [-0.05, 0) is 41.6 Å². The van der Waals surface area contributed by atoms with Crippen LogP contribution in [0.1, 0.15) is 47.8 Å². The number of aromatic amines is 1. The number of nitrogens with one attached hydrogen (secondary N) is 1. The fourth-order valence-electron chi connectivity index (χ4n) is 2.61. The number of hydrogen-bond acceptors (Lipinski definition) is 3. The van der Waals surface area contributed by atoms with E-state index in [1.54, 1.807) is 0 Å². The summed E-state index contributed by atoms with van der Waals surface area (Å²) in [4.78, 5) is 14.7. The summed E-state index contributed by atoms with van der Waals surface area (Å²) in [5, 5.41) is 7.28. The van der Waals surface area contributed by atoms with Gasteiger partial charge in [-0.2, -0.15) is 5.10 Å². The Bertz CT molecular complexity index is 518. The Balaban J connectivity index is 1.60. The summed E-state index contributed by atoms with van der Waals surface area (Å²) in [6.07, 6.45) is 4.61. The van der Waals surface area contributed by atoms with Crippen LogP contribution in [0.3, 0.4) is 0 Å². The SMILES string of the molecule is O=C(c1n[nH]c(C2CC2)c1Br)N(C1CC1)C1COC1. The van der Waals surface area contributed by atoms with Gasteiger partial charge in [0.2, 0.25) is 0 Å². The van der Waals surface area contributed by atoms with Crippen molar-refractivity contribution in [2.24, 2.45) is 0 Å². The molecule has 3 fully saturated rings. The van der Waals surface area contributed by atoms with E-state index in [0.717, 1.165) is 23.0 Å². The molecular weight excluding hydrogens is 310 g/mol. The second-order valence-corrected chi connectivity index (χ2v) is 6.50. The van der Waals surface area contributed by atoms with Crippen molar-refractivity contribution in [3.8, 4) is 0 Å². The van der Waals surface area contributed by atoms with Gasteiger partial charge in [-0.15, -0.1) is 0 Å². The molecule has 5 nitrogen and oxygen atoms in total. The van der Waals surface area contributed by atoms with Gasteiger partial charge in [-0.3, -0.25) is 9.89 Å². The van der Waals surface area contributed by atoms with Crippen molar-refractivity contribution < 1.29 is 9.53 Å². The summed E-state index contributed by atoms with van der Waals surface area (Å²) in [6.45, 7) is 1.33. The zero-order chi connectivity index (χ0) is 13.0. The number of carbonyl (C=O) groups excluding carboxylic acids is 1. The lowest BCUT2D eigenvalue weighted by Gasteiger charge is -2.37. The van der Waals surface area contributed by atoms with Gasteiger partial charge in [0.1, 0.15) is 0 Å². The Hall–Kier alpha value is -0.880. The molecule has 6 heteroatoms. The van der Waals surface area contributed by atoms with Crippen LogP contribution in [-0.2, 0) is 4.74 Å². The minimum absolute atomic E-state index is 0.0471. The molecule has 2 heterocycles. The highest BCUT2D eigenvalue weighted by Crippen LogP contribution is 2.43. The molecule has 2 saturated carbocycles. The molecule has 1 aromatic heterocycles. The molecule has 1 amide bonds. The summed E-state index contributed by atoms with van der Waals surface area (Å²) >= 11 is 3.55. The number of hydrogen-bond donors (Lipinski definition) is 1. The molecule has 1 aliphatic heterocycles. The number of halogens is 1. The van der Waals surface area contributed by atoms with Gasteiger partial charge in [0, 0.05) is 12.0 Å². The van der Waals surface area contributed by atoms with Crippen LogP contribution in [0.2, 0.25) is 0 Å². The third-order valence-electron chi connectivity index (χ3n) is 4.11. The first kappa shape index (κ1) is 11.9. The summed E-state index contributed by atoms with van der Waals surface area (Å²) in [7, 11) is 0. The van der Waals surface area contributed by atoms with Crippen LogP contribution in [0.4, 0.5) is 0 Å². The fraction of sp³-hybridized carbons (Fsp3) is 0.692. The molecule has 4 rings (SSSR count). The number of ether oxygens (including phenoxy) is 1. The molecule has 1 N–H and O–H groups in total. The van der Waals surface area contributed by atoms with Crippen molar-refractivity contribution in [3.63, 3.8) is 0 Å². The maximum Gasteiger partial charge on any atom is 0.276 e. The second-order valence-electron chi connectivity index (χ2n) is 5.71. The summed E-state index contributed by atoms with van der Waals surface area (Å²) in [6, 6.07) is 0.641. The molecule has 0 unspecified atom stereocenters. The number of H-pyrrole nitrogens is 1. The third kappa shape index (κ3) is 2.01. The lowest BCUT2D eigenvalue weighted by Crippen LogP contribution is -2.52. The maximum absolute atomic E-state index is 12.7. The minimum atomic E-state index is 0.0471. The molecule has 0 atom stereocenters. The Labute approximate surface area is 119 Å². The average molecular weight is 326 g/mol. The molecule has 2 aliphatic carbocycles. The first-order valence-corrected chi connectivity index (χ1v) is 7.69. The van der Waals surface area contributed by atoms with Crippen molar-refractivity contribution in [1.29, 1.82) is 0 Å². The Kier molecular flexibility index (Phi) is 2.70. The number of rotatable bonds is 4. The van der Waals surface area contributed by atoms with Gasteiger partial charge >= 0.3 is 0 Å². The van der Waals surface area contributed by atoms with Crippen LogP contribution < -0.4 is 0 Å². The highest BCUT2D eigenvalue weighted by Gasteiger charge is 2.42. The molecule has 3 aliphatic rings. The monoisotopic (exact) mass is 325 g/mol. The first-order chi connectivity index (χ1) is 9.25. The van der Waals surface area contributed by atoms with Crippen LogP contribution in [0, 0.1) is 0 Å². The predicted molar refractivity (Wildman–Crippen MR) is 72.1 cm³/mol. The van der Waals surface area contributed by atoms with Gasteiger partial charge in [-0.1, -0.05) is 0 Å². The van der Waals surface area contributed by atoms with Gasteiger partial charge < -0.3 is 9.64 Å². The van der Waals surface area contributed by atoms with Crippen LogP contribution >= 0.6 is 15.9 Å². The molecule has 0 bridgehead atoms. The van der Waals surface area contributed by atoms with Crippen LogP contribution in [-0.4, -0.2) is 46.3 Å². The molecule has 0 radical (unpaired) electrons. The van der Waals surface area contributed by atoms with Crippen molar-refractivity contribution >= 4 is 21.8 Å². The zero-order valence-corrected chi connectivity index (χ0v) is 12.1. The lowest BCUT2D eigenvalue weighted by molar-refractivity contribution is -0.0568. The molecule has 19 heavy (non-hydrogen) atoms. The van der Waals surface area contributed by atoms with Crippen LogP contribution in [0.5, 0.6) is 0 Å². The van der Waals surface area contributed by atoms with E-state index in [-0.39, 0.29) is 11.9 Å². The van der Waals surface area contributed by atoms with Crippen molar-refractivity contribution in [1.82, 2.24) is 15.1 Å². The number of carbonyl (C=O) groups is 1. The van der Waals surface area contributed by atoms with Crippen LogP contribution in [0.25, 0.3) is 0 Å². The average Bonchev–Trinajstić information content (AvgIpc) is 3.21. The summed E-state index contributed by atoms with van der Waals surface area (Å²) in [5.41, 5.74) is 1.63. The highest BCUT2D eigenvalue weighted by atomic mass is 79.9. The van der Waals surface area contributed by atoms with E-state index in [9.17, 15) is 4.79 Å². The van der Waals surface area contributed by atoms with E-state index in [1.807, 2.05) is 4.90 Å². The molecule has 0 spiro atoms. The van der Waals surface area contributed by atoms with E-state index in [0.29, 0.717) is 30.9 Å². The molecule has 102 valence electrons. The topological polar surface area (TPSA) is 58.2 Å². The van der Waals surface area contributed by atoms with Crippen molar-refractivity contribution in [3.05, 3.63) is 15.9 Å². The minimum Gasteiger partial charge on any atom is -0.377 e. The fourth-order valence-corrected chi connectivity index (χ4v) is 3.29. The Morgan fingerprint density at radius 3 is 2.53 bits per heavy atom. The Morgan fingerprint density at radius 2 is 2.00 bits per heavy atom. The highest BCUT2D eigenvalue weighted by molar-refractivity contribution is 9.10. The predicted octanol–water partition coefficient (Wildman–Crippen LogP) is 2.05. The standard InChI is InChI=1S/C13H16BrN3O2/c14-10-11(7-1-2-7)15-16-12(10)13(18)17(8-3-4-8)9-5-19-6-9/h7-9H,1-6H2,(H,15,16). The largest absolute Gasteiger partial charge is 0.377 e. The summed E-state index contributed by atoms with van der Waals surface area (Å²) in [5.74, 6) is 0.607. The van der Waals surface area contributed by atoms with Crippen molar-refractivity contribution in [2.75, 3.05) is 13.2 Å². The molecular formula is C13H16BrN3O2. The van der Waals surface area contributed by atoms with E-state index in [4.69, 9.17) is 4.74 Å². The molecule has 0 aromatic carbocycles. The van der Waals surface area contributed by atoms with E-state index in [2.05, 4.69) is 26.1 Å². The quantitative estimate of drug-likeness (QED) is 0.921. The Morgan fingerprint density at radius 1 is 1.26 bits per heavy atom. The lowest BCUT2D eigenvalue weighted by atomic mass is 10.2.